The van der Waals surface area contributed by atoms with Crippen LogP contribution in [-0.2, 0) is 14.3 Å². The number of hydrogen-bond acceptors (Lipinski definition) is 5. The molecule has 5 heteroatoms. The minimum atomic E-state index is -0.139. The highest BCUT2D eigenvalue weighted by Crippen LogP contribution is 2.19. The predicted molar refractivity (Wildman–Crippen MR) is 63.8 cm³/mol. The number of carbonyl (C=O) groups excluding carboxylic acids is 1. The summed E-state index contributed by atoms with van der Waals surface area (Å²) in [4.78, 5) is 14.3. The molecule has 1 N–H and O–H groups in total. The Hall–Kier alpha value is -0.650. The third-order valence-electron chi connectivity index (χ3n) is 3.70. The van der Waals surface area contributed by atoms with Crippen LogP contribution in [0.4, 0.5) is 0 Å². The Morgan fingerprint density at radius 1 is 1.35 bits per heavy atom. The van der Waals surface area contributed by atoms with Crippen LogP contribution in [0.1, 0.15) is 12.8 Å². The Labute approximate surface area is 102 Å². The molecule has 2 rings (SSSR count). The highest BCUT2D eigenvalue weighted by molar-refractivity contribution is 5.74. The first kappa shape index (κ1) is 12.8. The molecule has 0 saturated carbocycles. The van der Waals surface area contributed by atoms with Crippen molar-refractivity contribution in [3.63, 3.8) is 0 Å². The average molecular weight is 242 g/mol. The minimum Gasteiger partial charge on any atom is -0.462 e. The van der Waals surface area contributed by atoms with Crippen molar-refractivity contribution in [3.05, 3.63) is 0 Å². The van der Waals surface area contributed by atoms with E-state index in [2.05, 4.69) is 17.3 Å². The standard InChI is InChI=1S/C12H22N2O3/c1-13-11-8-16-7-10(11)12(15)17-9-3-5-14(2)6-4-9/h9-11,13H,3-8H2,1-2H3. The summed E-state index contributed by atoms with van der Waals surface area (Å²) in [7, 11) is 3.95. The van der Waals surface area contributed by atoms with Gasteiger partial charge in [-0.1, -0.05) is 0 Å². The van der Waals surface area contributed by atoms with Crippen LogP contribution in [0, 0.1) is 5.92 Å². The average Bonchev–Trinajstić information content (AvgIpc) is 2.80. The number of nitrogens with zero attached hydrogens (tertiary/aromatic N) is 1. The molecule has 0 amide bonds. The van der Waals surface area contributed by atoms with Crippen molar-refractivity contribution in [1.82, 2.24) is 10.2 Å². The van der Waals surface area contributed by atoms with E-state index < -0.39 is 0 Å². The fourth-order valence-electron chi connectivity index (χ4n) is 2.43. The number of carbonyl (C=O) groups is 1. The first-order valence-electron chi connectivity index (χ1n) is 6.34. The van der Waals surface area contributed by atoms with Crippen molar-refractivity contribution in [2.24, 2.45) is 5.92 Å². The van der Waals surface area contributed by atoms with Gasteiger partial charge in [0, 0.05) is 19.1 Å². The molecule has 0 radical (unpaired) electrons. The second kappa shape index (κ2) is 5.80. The van der Waals surface area contributed by atoms with Crippen molar-refractivity contribution in [3.8, 4) is 0 Å². The second-order valence-corrected chi connectivity index (χ2v) is 4.98. The van der Waals surface area contributed by atoms with Crippen molar-refractivity contribution in [1.29, 1.82) is 0 Å². The van der Waals surface area contributed by atoms with Crippen LogP contribution >= 0.6 is 0 Å². The Bertz CT molecular complexity index is 264. The van der Waals surface area contributed by atoms with Crippen molar-refractivity contribution >= 4 is 5.97 Å². The van der Waals surface area contributed by atoms with Gasteiger partial charge < -0.3 is 19.7 Å². The van der Waals surface area contributed by atoms with E-state index in [0.29, 0.717) is 13.2 Å². The van der Waals surface area contributed by atoms with Crippen LogP contribution < -0.4 is 5.32 Å². The third kappa shape index (κ3) is 3.18. The quantitative estimate of drug-likeness (QED) is 0.698. The first-order chi connectivity index (χ1) is 8.20. The van der Waals surface area contributed by atoms with E-state index in [1.807, 2.05) is 7.05 Å². The number of hydrogen-bond donors (Lipinski definition) is 1. The number of likely N-dealkylation sites (N-methyl/N-ethyl adjacent to an activating group) is 1. The molecule has 0 aromatic heterocycles. The van der Waals surface area contributed by atoms with Gasteiger partial charge >= 0.3 is 5.97 Å². The maximum atomic E-state index is 12.0. The van der Waals surface area contributed by atoms with Gasteiger partial charge in [-0.25, -0.2) is 0 Å². The number of likely N-dealkylation sites (tertiary alicyclic amines) is 1. The van der Waals surface area contributed by atoms with Crippen LogP contribution in [0.25, 0.3) is 0 Å². The van der Waals surface area contributed by atoms with E-state index in [9.17, 15) is 4.79 Å². The van der Waals surface area contributed by atoms with E-state index in [4.69, 9.17) is 9.47 Å². The minimum absolute atomic E-state index is 0.0943. The summed E-state index contributed by atoms with van der Waals surface area (Å²) in [5, 5.41) is 3.11. The van der Waals surface area contributed by atoms with Crippen LogP contribution in [0.3, 0.4) is 0 Å². The van der Waals surface area contributed by atoms with Gasteiger partial charge in [0.15, 0.2) is 0 Å². The lowest BCUT2D eigenvalue weighted by molar-refractivity contribution is -0.156. The molecule has 2 unspecified atom stereocenters. The van der Waals surface area contributed by atoms with Gasteiger partial charge in [-0.2, -0.15) is 0 Å². The zero-order chi connectivity index (χ0) is 12.3. The molecule has 2 heterocycles. The number of esters is 1. The van der Waals surface area contributed by atoms with E-state index in [1.165, 1.54) is 0 Å². The molecule has 2 saturated heterocycles. The van der Waals surface area contributed by atoms with Gasteiger partial charge in [-0.05, 0) is 26.9 Å². The summed E-state index contributed by atoms with van der Waals surface area (Å²) < 4.78 is 10.9. The van der Waals surface area contributed by atoms with Crippen LogP contribution in [-0.4, -0.2) is 63.4 Å². The van der Waals surface area contributed by atoms with Gasteiger partial charge in [0.1, 0.15) is 6.10 Å². The molecule has 0 aliphatic carbocycles. The Kier molecular flexibility index (Phi) is 4.36. The van der Waals surface area contributed by atoms with Crippen LogP contribution in [0.15, 0.2) is 0 Å². The SMILES string of the molecule is CNC1COCC1C(=O)OC1CCN(C)CC1. The number of nitrogens with one attached hydrogen (secondary N) is 1. The maximum absolute atomic E-state index is 12.0. The van der Waals surface area contributed by atoms with Gasteiger partial charge in [0.2, 0.25) is 0 Å². The summed E-state index contributed by atoms with van der Waals surface area (Å²) in [5.74, 6) is -0.240. The summed E-state index contributed by atoms with van der Waals surface area (Å²) >= 11 is 0. The lowest BCUT2D eigenvalue weighted by Crippen LogP contribution is -2.41. The van der Waals surface area contributed by atoms with Crippen molar-refractivity contribution in [2.75, 3.05) is 40.4 Å². The molecule has 0 spiro atoms. The van der Waals surface area contributed by atoms with Gasteiger partial charge in [-0.15, -0.1) is 0 Å². The Morgan fingerprint density at radius 3 is 2.71 bits per heavy atom. The Morgan fingerprint density at radius 2 is 2.06 bits per heavy atom. The molecular formula is C12H22N2O3. The van der Waals surface area contributed by atoms with E-state index >= 15 is 0 Å². The summed E-state index contributed by atoms with van der Waals surface area (Å²) in [5.41, 5.74) is 0. The fourth-order valence-corrected chi connectivity index (χ4v) is 2.43. The third-order valence-corrected chi connectivity index (χ3v) is 3.70. The van der Waals surface area contributed by atoms with Crippen molar-refractivity contribution < 1.29 is 14.3 Å². The highest BCUT2D eigenvalue weighted by Gasteiger charge is 2.35. The number of ether oxygens (including phenoxy) is 2. The van der Waals surface area contributed by atoms with Crippen molar-refractivity contribution in [2.45, 2.75) is 25.0 Å². The molecule has 2 aliphatic rings. The molecule has 2 atom stereocenters. The lowest BCUT2D eigenvalue weighted by atomic mass is 10.0. The number of rotatable bonds is 3. The van der Waals surface area contributed by atoms with Crippen LogP contribution in [0.2, 0.25) is 0 Å². The highest BCUT2D eigenvalue weighted by atomic mass is 16.5. The van der Waals surface area contributed by atoms with E-state index in [1.54, 1.807) is 0 Å². The van der Waals surface area contributed by atoms with E-state index in [0.717, 1.165) is 25.9 Å². The van der Waals surface area contributed by atoms with E-state index in [-0.39, 0.29) is 24.0 Å². The summed E-state index contributed by atoms with van der Waals surface area (Å²) in [6, 6.07) is 0.105. The Balaban J connectivity index is 1.80. The zero-order valence-corrected chi connectivity index (χ0v) is 10.6. The molecule has 0 aromatic carbocycles. The maximum Gasteiger partial charge on any atom is 0.313 e. The van der Waals surface area contributed by atoms with Gasteiger partial charge in [0.05, 0.1) is 19.1 Å². The molecule has 5 nitrogen and oxygen atoms in total. The topological polar surface area (TPSA) is 50.8 Å². The first-order valence-corrected chi connectivity index (χ1v) is 6.34. The molecule has 2 aliphatic heterocycles. The second-order valence-electron chi connectivity index (χ2n) is 4.98. The lowest BCUT2D eigenvalue weighted by Gasteiger charge is -2.29. The summed E-state index contributed by atoms with van der Waals surface area (Å²) in [6.45, 7) is 3.10. The molecule has 98 valence electrons. The molecule has 0 bridgehead atoms. The molecule has 2 fully saturated rings. The zero-order valence-electron chi connectivity index (χ0n) is 10.6. The smallest absolute Gasteiger partial charge is 0.313 e. The van der Waals surface area contributed by atoms with Gasteiger partial charge in [-0.3, -0.25) is 4.79 Å². The van der Waals surface area contributed by atoms with Crippen LogP contribution in [0.5, 0.6) is 0 Å². The molecular weight excluding hydrogens is 220 g/mol. The normalized spacial score (nSPS) is 31.6. The van der Waals surface area contributed by atoms with Gasteiger partial charge in [0.25, 0.3) is 0 Å². The molecule has 17 heavy (non-hydrogen) atoms. The largest absolute Gasteiger partial charge is 0.462 e. The fraction of sp³-hybridized carbons (Fsp3) is 0.917. The number of piperidine rings is 1. The summed E-state index contributed by atoms with van der Waals surface area (Å²) in [6.07, 6.45) is 1.98. The predicted octanol–water partition coefficient (Wildman–Crippen LogP) is -0.142. The monoisotopic (exact) mass is 242 g/mol. The molecule has 0 aromatic rings.